The van der Waals surface area contributed by atoms with E-state index in [2.05, 4.69) is 16.8 Å². The second-order valence-electron chi connectivity index (χ2n) is 3.48. The molecule has 5 heteroatoms. The fourth-order valence-corrected chi connectivity index (χ4v) is 2.90. The molecule has 1 aromatic heterocycles. The quantitative estimate of drug-likeness (QED) is 0.522. The summed E-state index contributed by atoms with van der Waals surface area (Å²) in [7, 11) is 0. The molecule has 19 heavy (non-hydrogen) atoms. The molecule has 0 atom stereocenters. The van der Waals surface area contributed by atoms with Crippen LogP contribution >= 0.6 is 23.1 Å². The number of nitrogens with zero attached hydrogens (tertiary/aromatic N) is 1. The molecule has 0 bridgehead atoms. The molecule has 98 valence electrons. The van der Waals surface area contributed by atoms with Gasteiger partial charge in [0, 0.05) is 22.9 Å². The zero-order valence-corrected chi connectivity index (χ0v) is 11.8. The highest BCUT2D eigenvalue weighted by Crippen LogP contribution is 2.20. The van der Waals surface area contributed by atoms with Crippen molar-refractivity contribution in [1.29, 1.82) is 0 Å². The van der Waals surface area contributed by atoms with Crippen molar-refractivity contribution in [2.75, 3.05) is 19.0 Å². The molecule has 0 spiro atoms. The number of thioether (sulfide) groups is 1. The summed E-state index contributed by atoms with van der Waals surface area (Å²) >= 11 is 3.32. The first-order valence-corrected chi connectivity index (χ1v) is 7.60. The molecule has 0 radical (unpaired) electrons. The molecule has 0 amide bonds. The standard InChI is InChI=1S/C14H13NO2S2/c16-7-2-4-12-3-1-5-13(11-12)17-8-10-19-14-15-6-9-18-14/h1,3,5-6,9,11,16H,7-8,10H2. The molecule has 3 nitrogen and oxygen atoms in total. The van der Waals surface area contributed by atoms with E-state index in [1.165, 1.54) is 0 Å². The number of hydrogen-bond donors (Lipinski definition) is 1. The summed E-state index contributed by atoms with van der Waals surface area (Å²) < 4.78 is 6.71. The van der Waals surface area contributed by atoms with E-state index in [4.69, 9.17) is 9.84 Å². The van der Waals surface area contributed by atoms with E-state index >= 15 is 0 Å². The largest absolute Gasteiger partial charge is 0.493 e. The number of aliphatic hydroxyl groups excluding tert-OH is 1. The van der Waals surface area contributed by atoms with Crippen LogP contribution in [0.15, 0.2) is 40.2 Å². The normalized spacial score (nSPS) is 9.74. The zero-order chi connectivity index (χ0) is 13.3. The summed E-state index contributed by atoms with van der Waals surface area (Å²) in [5.41, 5.74) is 0.846. The second kappa shape index (κ2) is 7.85. The van der Waals surface area contributed by atoms with Crippen molar-refractivity contribution in [3.05, 3.63) is 41.4 Å². The van der Waals surface area contributed by atoms with Crippen LogP contribution < -0.4 is 4.74 Å². The first-order chi connectivity index (χ1) is 9.38. The van der Waals surface area contributed by atoms with E-state index in [0.717, 1.165) is 21.4 Å². The Hall–Kier alpha value is -1.48. The Kier molecular flexibility index (Phi) is 5.76. The Balaban J connectivity index is 1.79. The summed E-state index contributed by atoms with van der Waals surface area (Å²) in [6.45, 7) is 0.497. The maximum Gasteiger partial charge on any atom is 0.149 e. The van der Waals surface area contributed by atoms with E-state index in [1.807, 2.05) is 29.6 Å². The number of aliphatic hydroxyl groups is 1. The molecular formula is C14H13NO2S2. The Labute approximate surface area is 120 Å². The molecule has 0 fully saturated rings. The van der Waals surface area contributed by atoms with E-state index in [9.17, 15) is 0 Å². The molecule has 0 saturated heterocycles. The van der Waals surface area contributed by atoms with Gasteiger partial charge in [-0.15, -0.1) is 11.3 Å². The van der Waals surface area contributed by atoms with Crippen LogP contribution in [-0.4, -0.2) is 29.1 Å². The monoisotopic (exact) mass is 291 g/mol. The first-order valence-electron chi connectivity index (χ1n) is 5.73. The SMILES string of the molecule is OCC#Cc1cccc(OCCSc2nccs2)c1. The van der Waals surface area contributed by atoms with E-state index in [1.54, 1.807) is 29.3 Å². The average Bonchev–Trinajstić information content (AvgIpc) is 2.95. The van der Waals surface area contributed by atoms with Gasteiger partial charge < -0.3 is 9.84 Å². The number of benzene rings is 1. The molecule has 1 heterocycles. The molecule has 0 saturated carbocycles. The maximum absolute atomic E-state index is 8.65. The van der Waals surface area contributed by atoms with Crippen LogP contribution in [-0.2, 0) is 0 Å². The highest BCUT2D eigenvalue weighted by molar-refractivity contribution is 8.01. The Bertz CT molecular complexity index is 558. The van der Waals surface area contributed by atoms with Gasteiger partial charge in [0.2, 0.25) is 0 Å². The topological polar surface area (TPSA) is 42.4 Å². The van der Waals surface area contributed by atoms with Crippen molar-refractivity contribution in [2.45, 2.75) is 4.34 Å². The molecule has 0 aliphatic heterocycles. The molecule has 1 aromatic carbocycles. The van der Waals surface area contributed by atoms with Crippen molar-refractivity contribution >= 4 is 23.1 Å². The van der Waals surface area contributed by atoms with Gasteiger partial charge in [-0.1, -0.05) is 29.7 Å². The van der Waals surface area contributed by atoms with Crippen molar-refractivity contribution in [3.63, 3.8) is 0 Å². The predicted molar refractivity (Wildman–Crippen MR) is 78.7 cm³/mol. The maximum atomic E-state index is 8.65. The minimum Gasteiger partial charge on any atom is -0.493 e. The lowest BCUT2D eigenvalue weighted by Gasteiger charge is -2.05. The van der Waals surface area contributed by atoms with Crippen LogP contribution in [0.1, 0.15) is 5.56 Å². The lowest BCUT2D eigenvalue weighted by Crippen LogP contribution is -2.00. The fraction of sp³-hybridized carbons (Fsp3) is 0.214. The second-order valence-corrected chi connectivity index (χ2v) is 5.72. The summed E-state index contributed by atoms with van der Waals surface area (Å²) in [5.74, 6) is 7.13. The predicted octanol–water partition coefficient (Wildman–Crippen LogP) is 2.66. The van der Waals surface area contributed by atoms with Gasteiger partial charge in [0.25, 0.3) is 0 Å². The van der Waals surface area contributed by atoms with Gasteiger partial charge in [0.1, 0.15) is 16.7 Å². The van der Waals surface area contributed by atoms with Crippen LogP contribution in [0, 0.1) is 11.8 Å². The Morgan fingerprint density at radius 3 is 3.16 bits per heavy atom. The van der Waals surface area contributed by atoms with Crippen LogP contribution in [0.4, 0.5) is 0 Å². The molecule has 2 rings (SSSR count). The smallest absolute Gasteiger partial charge is 0.149 e. The van der Waals surface area contributed by atoms with E-state index < -0.39 is 0 Å². The third-order valence-electron chi connectivity index (χ3n) is 2.13. The molecule has 2 aromatic rings. The lowest BCUT2D eigenvalue weighted by molar-refractivity contribution is 0.344. The third-order valence-corrected chi connectivity index (χ3v) is 4.06. The van der Waals surface area contributed by atoms with Crippen molar-refractivity contribution in [1.82, 2.24) is 4.98 Å². The number of hydrogen-bond acceptors (Lipinski definition) is 5. The van der Waals surface area contributed by atoms with Crippen LogP contribution in [0.2, 0.25) is 0 Å². The molecule has 0 unspecified atom stereocenters. The minimum absolute atomic E-state index is 0.129. The highest BCUT2D eigenvalue weighted by Gasteiger charge is 1.98. The molecular weight excluding hydrogens is 278 g/mol. The summed E-state index contributed by atoms with van der Waals surface area (Å²) in [5, 5.41) is 10.6. The highest BCUT2D eigenvalue weighted by atomic mass is 32.2. The van der Waals surface area contributed by atoms with Gasteiger partial charge in [-0.05, 0) is 18.2 Å². The van der Waals surface area contributed by atoms with Crippen LogP contribution in [0.3, 0.4) is 0 Å². The van der Waals surface area contributed by atoms with Crippen molar-refractivity contribution in [2.24, 2.45) is 0 Å². The molecule has 0 aliphatic carbocycles. The summed E-state index contributed by atoms with van der Waals surface area (Å²) in [6.07, 6.45) is 1.80. The van der Waals surface area contributed by atoms with Gasteiger partial charge in [-0.2, -0.15) is 0 Å². The molecule has 0 aliphatic rings. The lowest BCUT2D eigenvalue weighted by atomic mass is 10.2. The third kappa shape index (κ3) is 4.95. The van der Waals surface area contributed by atoms with Gasteiger partial charge >= 0.3 is 0 Å². The fourth-order valence-electron chi connectivity index (χ4n) is 1.38. The van der Waals surface area contributed by atoms with Crippen LogP contribution in [0.25, 0.3) is 0 Å². The first kappa shape index (κ1) is 13.9. The Morgan fingerprint density at radius 1 is 1.42 bits per heavy atom. The van der Waals surface area contributed by atoms with Gasteiger partial charge in [-0.3, -0.25) is 0 Å². The summed E-state index contributed by atoms with van der Waals surface area (Å²) in [6, 6.07) is 7.55. The van der Waals surface area contributed by atoms with Crippen molar-refractivity contribution < 1.29 is 9.84 Å². The van der Waals surface area contributed by atoms with Gasteiger partial charge in [-0.25, -0.2) is 4.98 Å². The van der Waals surface area contributed by atoms with E-state index in [0.29, 0.717) is 6.61 Å². The Morgan fingerprint density at radius 2 is 2.37 bits per heavy atom. The number of rotatable bonds is 5. The summed E-state index contributed by atoms with van der Waals surface area (Å²) in [4.78, 5) is 4.19. The van der Waals surface area contributed by atoms with Crippen molar-refractivity contribution in [3.8, 4) is 17.6 Å². The number of aromatic nitrogens is 1. The van der Waals surface area contributed by atoms with Gasteiger partial charge in [0.15, 0.2) is 0 Å². The molecule has 1 N–H and O–H groups in total. The zero-order valence-electron chi connectivity index (χ0n) is 10.2. The average molecular weight is 291 g/mol. The number of ether oxygens (including phenoxy) is 1. The number of thiazole rings is 1. The van der Waals surface area contributed by atoms with Gasteiger partial charge in [0.05, 0.1) is 6.61 Å². The van der Waals surface area contributed by atoms with Crippen LogP contribution in [0.5, 0.6) is 5.75 Å². The minimum atomic E-state index is -0.129. The van der Waals surface area contributed by atoms with E-state index in [-0.39, 0.29) is 6.61 Å².